The number of amides is 2. The number of nitrogens with zero attached hydrogens (tertiary/aromatic N) is 1. The lowest BCUT2D eigenvalue weighted by Gasteiger charge is -2.34. The van der Waals surface area contributed by atoms with Crippen molar-refractivity contribution in [1.82, 2.24) is 10.2 Å². The van der Waals surface area contributed by atoms with Crippen LogP contribution in [0.3, 0.4) is 0 Å². The Balaban J connectivity index is 0.00000312. The van der Waals surface area contributed by atoms with E-state index < -0.39 is 0 Å². The molecule has 1 aliphatic heterocycles. The molecule has 140 valence electrons. The molecular formula is C18H27Cl2N3O2. The number of hydrogen-bond donors (Lipinski definition) is 2. The quantitative estimate of drug-likeness (QED) is 0.832. The number of halogens is 2. The van der Waals surface area contributed by atoms with E-state index in [1.165, 1.54) is 0 Å². The zero-order chi connectivity index (χ0) is 17.9. The average Bonchev–Trinajstić information content (AvgIpc) is 2.47. The molecule has 0 bridgehead atoms. The van der Waals surface area contributed by atoms with E-state index in [-0.39, 0.29) is 35.7 Å². The van der Waals surface area contributed by atoms with E-state index in [1.54, 1.807) is 18.2 Å². The molecule has 0 saturated carbocycles. The van der Waals surface area contributed by atoms with Crippen molar-refractivity contribution in [2.45, 2.75) is 40.2 Å². The minimum atomic E-state index is -0.0964. The lowest BCUT2D eigenvalue weighted by Crippen LogP contribution is -2.52. The van der Waals surface area contributed by atoms with Gasteiger partial charge < -0.3 is 15.5 Å². The minimum absolute atomic E-state index is 0. The molecule has 1 atom stereocenters. The maximum absolute atomic E-state index is 12.8. The smallest absolute Gasteiger partial charge is 0.255 e. The van der Waals surface area contributed by atoms with Crippen molar-refractivity contribution >= 4 is 41.5 Å². The lowest BCUT2D eigenvalue weighted by atomic mass is 9.92. The van der Waals surface area contributed by atoms with Crippen LogP contribution in [0.2, 0.25) is 5.02 Å². The maximum atomic E-state index is 12.8. The number of benzene rings is 1. The Hall–Kier alpha value is -1.30. The van der Waals surface area contributed by atoms with Crippen LogP contribution in [0.4, 0.5) is 5.69 Å². The number of hydrogen-bond acceptors (Lipinski definition) is 3. The Bertz CT molecular complexity index is 629. The lowest BCUT2D eigenvalue weighted by molar-refractivity contribution is -0.117. The van der Waals surface area contributed by atoms with Crippen LogP contribution in [-0.2, 0) is 4.79 Å². The third-order valence-corrected chi connectivity index (χ3v) is 4.26. The van der Waals surface area contributed by atoms with Crippen LogP contribution in [-0.4, -0.2) is 42.4 Å². The van der Waals surface area contributed by atoms with Crippen molar-refractivity contribution in [2.24, 2.45) is 5.41 Å². The molecule has 1 aliphatic rings. The zero-order valence-corrected chi connectivity index (χ0v) is 16.8. The summed E-state index contributed by atoms with van der Waals surface area (Å²) in [4.78, 5) is 26.7. The van der Waals surface area contributed by atoms with Gasteiger partial charge in [-0.2, -0.15) is 0 Å². The molecule has 2 rings (SSSR count). The summed E-state index contributed by atoms with van der Waals surface area (Å²) in [7, 11) is 0. The Morgan fingerprint density at radius 3 is 2.64 bits per heavy atom. The van der Waals surface area contributed by atoms with Crippen molar-refractivity contribution in [3.63, 3.8) is 0 Å². The van der Waals surface area contributed by atoms with Crippen LogP contribution >= 0.6 is 24.0 Å². The van der Waals surface area contributed by atoms with Crippen molar-refractivity contribution in [3.05, 3.63) is 28.8 Å². The fourth-order valence-electron chi connectivity index (χ4n) is 2.75. The monoisotopic (exact) mass is 387 g/mol. The number of nitrogens with one attached hydrogen (secondary N) is 2. The van der Waals surface area contributed by atoms with Crippen LogP contribution < -0.4 is 10.6 Å². The molecule has 1 fully saturated rings. The molecule has 0 radical (unpaired) electrons. The van der Waals surface area contributed by atoms with E-state index in [0.29, 0.717) is 29.2 Å². The van der Waals surface area contributed by atoms with Crippen molar-refractivity contribution < 1.29 is 9.59 Å². The Kier molecular flexibility index (Phi) is 7.72. The predicted octanol–water partition coefficient (Wildman–Crippen LogP) is 3.57. The number of carbonyl (C=O) groups excluding carboxylic acids is 2. The van der Waals surface area contributed by atoms with Gasteiger partial charge in [-0.25, -0.2) is 0 Å². The van der Waals surface area contributed by atoms with E-state index in [4.69, 9.17) is 11.6 Å². The zero-order valence-electron chi connectivity index (χ0n) is 15.2. The largest absolute Gasteiger partial charge is 0.333 e. The van der Waals surface area contributed by atoms with Gasteiger partial charge in [0.1, 0.15) is 0 Å². The van der Waals surface area contributed by atoms with Crippen LogP contribution in [0.15, 0.2) is 18.2 Å². The first-order valence-corrected chi connectivity index (χ1v) is 8.66. The fourth-order valence-corrected chi connectivity index (χ4v) is 2.95. The summed E-state index contributed by atoms with van der Waals surface area (Å²) in [6.45, 7) is 10.2. The SMILES string of the molecule is C[C@@H]1CNCCN1C(=O)c1cc(NC(=O)CC(C)(C)C)ccc1Cl.Cl. The van der Waals surface area contributed by atoms with Crippen molar-refractivity contribution in [3.8, 4) is 0 Å². The summed E-state index contributed by atoms with van der Waals surface area (Å²) >= 11 is 6.23. The summed E-state index contributed by atoms with van der Waals surface area (Å²) in [5, 5.41) is 6.52. The Morgan fingerprint density at radius 1 is 1.36 bits per heavy atom. The number of piperazine rings is 1. The van der Waals surface area contributed by atoms with Gasteiger partial charge >= 0.3 is 0 Å². The minimum Gasteiger partial charge on any atom is -0.333 e. The molecule has 1 aromatic carbocycles. The number of rotatable bonds is 3. The topological polar surface area (TPSA) is 61.4 Å². The Morgan fingerprint density at radius 2 is 2.04 bits per heavy atom. The summed E-state index contributed by atoms with van der Waals surface area (Å²) in [6, 6.07) is 5.16. The first-order valence-electron chi connectivity index (χ1n) is 8.28. The summed E-state index contributed by atoms with van der Waals surface area (Å²) in [6.07, 6.45) is 0.410. The average molecular weight is 388 g/mol. The predicted molar refractivity (Wildman–Crippen MR) is 105 cm³/mol. The van der Waals surface area contributed by atoms with Crippen LogP contribution in [0.25, 0.3) is 0 Å². The molecule has 5 nitrogen and oxygen atoms in total. The van der Waals surface area contributed by atoms with Gasteiger partial charge in [0.15, 0.2) is 0 Å². The molecular weight excluding hydrogens is 361 g/mol. The second-order valence-corrected chi connectivity index (χ2v) is 7.94. The van der Waals surface area contributed by atoms with Crippen LogP contribution in [0, 0.1) is 5.41 Å². The second kappa shape index (κ2) is 8.88. The van der Waals surface area contributed by atoms with Gasteiger partial charge in [0.05, 0.1) is 10.6 Å². The first-order chi connectivity index (χ1) is 11.2. The molecule has 1 aromatic rings. The van der Waals surface area contributed by atoms with Gasteiger partial charge in [0, 0.05) is 37.8 Å². The van der Waals surface area contributed by atoms with E-state index in [1.807, 2.05) is 32.6 Å². The van der Waals surface area contributed by atoms with Crippen molar-refractivity contribution in [1.29, 1.82) is 0 Å². The second-order valence-electron chi connectivity index (χ2n) is 7.53. The number of carbonyl (C=O) groups is 2. The number of anilines is 1. The van der Waals surface area contributed by atoms with E-state index >= 15 is 0 Å². The molecule has 2 N–H and O–H groups in total. The Labute approximate surface area is 160 Å². The highest BCUT2D eigenvalue weighted by Crippen LogP contribution is 2.25. The molecule has 1 heterocycles. The fraction of sp³-hybridized carbons (Fsp3) is 0.556. The van der Waals surface area contributed by atoms with Gasteiger partial charge in [0.2, 0.25) is 5.91 Å². The first kappa shape index (κ1) is 21.7. The molecule has 1 saturated heterocycles. The highest BCUT2D eigenvalue weighted by molar-refractivity contribution is 6.34. The molecule has 2 amide bonds. The molecule has 7 heteroatoms. The van der Waals surface area contributed by atoms with E-state index in [9.17, 15) is 9.59 Å². The van der Waals surface area contributed by atoms with Crippen LogP contribution in [0.5, 0.6) is 0 Å². The summed E-state index contributed by atoms with van der Waals surface area (Å²) in [5.41, 5.74) is 0.935. The summed E-state index contributed by atoms with van der Waals surface area (Å²) in [5.74, 6) is -0.167. The molecule has 0 unspecified atom stereocenters. The maximum Gasteiger partial charge on any atom is 0.255 e. The third kappa shape index (κ3) is 6.17. The van der Waals surface area contributed by atoms with Gasteiger partial charge in [0.25, 0.3) is 5.91 Å². The van der Waals surface area contributed by atoms with Gasteiger partial charge in [-0.3, -0.25) is 9.59 Å². The normalized spacial score (nSPS) is 17.6. The highest BCUT2D eigenvalue weighted by Gasteiger charge is 2.26. The molecule has 25 heavy (non-hydrogen) atoms. The molecule has 0 spiro atoms. The van der Waals surface area contributed by atoms with Crippen molar-refractivity contribution in [2.75, 3.05) is 25.0 Å². The molecule has 0 aromatic heterocycles. The van der Waals surface area contributed by atoms with E-state index in [2.05, 4.69) is 10.6 Å². The van der Waals surface area contributed by atoms with E-state index in [0.717, 1.165) is 13.1 Å². The summed E-state index contributed by atoms with van der Waals surface area (Å²) < 4.78 is 0. The van der Waals surface area contributed by atoms with Gasteiger partial charge in [-0.05, 0) is 30.5 Å². The van der Waals surface area contributed by atoms with Gasteiger partial charge in [-0.1, -0.05) is 32.4 Å². The third-order valence-electron chi connectivity index (χ3n) is 3.93. The molecule has 0 aliphatic carbocycles. The standard InChI is InChI=1S/C18H26ClN3O2.ClH/c1-12-11-20-7-8-22(12)17(24)14-9-13(5-6-15(14)19)21-16(23)10-18(2,3)4;/h5-6,9,12,20H,7-8,10-11H2,1-4H3,(H,21,23);1H/t12-;/m1./s1. The van der Waals surface area contributed by atoms with Crippen LogP contribution in [0.1, 0.15) is 44.5 Å². The van der Waals surface area contributed by atoms with Gasteiger partial charge in [-0.15, -0.1) is 12.4 Å². The highest BCUT2D eigenvalue weighted by atomic mass is 35.5.